The fourth-order valence-corrected chi connectivity index (χ4v) is 1.30. The molecule has 0 amide bonds. The molecule has 1 aliphatic carbocycles. The summed E-state index contributed by atoms with van der Waals surface area (Å²) in [5.41, 5.74) is -1.60. The molecule has 0 saturated heterocycles. The molecule has 1 saturated carbocycles. The third kappa shape index (κ3) is 1.26. The molecule has 0 atom stereocenters. The van der Waals surface area contributed by atoms with Gasteiger partial charge in [-0.1, -0.05) is 6.42 Å². The second-order valence-electron chi connectivity index (χ2n) is 2.80. The minimum Gasteiger partial charge on any atom is -0.331 e. The predicted octanol–water partition coefficient (Wildman–Crippen LogP) is 0.916. The van der Waals surface area contributed by atoms with Gasteiger partial charge in [0.25, 0.3) is 0 Å². The number of rotatable bonds is 1. The van der Waals surface area contributed by atoms with Gasteiger partial charge in [0.2, 0.25) is 0 Å². The molecule has 0 unspecified atom stereocenters. The molecule has 4 nitrogen and oxygen atoms in total. The fraction of sp³-hybridized carbons (Fsp3) is 1.00. The molecule has 0 aliphatic heterocycles. The highest BCUT2D eigenvalue weighted by molar-refractivity contribution is 4.70. The molecule has 0 bridgehead atoms. The lowest BCUT2D eigenvalue weighted by atomic mass is 9.92. The van der Waals surface area contributed by atoms with Crippen molar-refractivity contribution < 1.29 is 10.0 Å². The zero-order valence-corrected chi connectivity index (χ0v) is 5.75. The lowest BCUT2D eigenvalue weighted by Crippen LogP contribution is -2.39. The molecule has 1 N–H and O–H groups in total. The van der Waals surface area contributed by atoms with E-state index in [-0.39, 0.29) is 0 Å². The summed E-state index contributed by atoms with van der Waals surface area (Å²) in [7, 11) is 0. The van der Waals surface area contributed by atoms with E-state index in [1.807, 2.05) is 0 Å². The molecule has 0 aromatic heterocycles. The summed E-state index contributed by atoms with van der Waals surface area (Å²) in [6.07, 6.45) is 3.20. The van der Waals surface area contributed by atoms with Crippen molar-refractivity contribution in [3.05, 3.63) is 10.1 Å². The van der Waals surface area contributed by atoms with Crippen molar-refractivity contribution in [2.75, 3.05) is 0 Å². The highest BCUT2D eigenvalue weighted by atomic mass is 16.7. The van der Waals surface area contributed by atoms with Crippen LogP contribution in [0.2, 0.25) is 0 Å². The quantitative estimate of drug-likeness (QED) is 0.339. The lowest BCUT2D eigenvalue weighted by Gasteiger charge is -2.22. The van der Waals surface area contributed by atoms with Gasteiger partial charge in [-0.05, 0) is 12.8 Å². The van der Waals surface area contributed by atoms with Gasteiger partial charge in [0.15, 0.2) is 0 Å². The van der Waals surface area contributed by atoms with E-state index in [0.717, 1.165) is 19.3 Å². The Labute approximate surface area is 59.0 Å². The van der Waals surface area contributed by atoms with E-state index in [1.54, 1.807) is 0 Å². The molecule has 10 heavy (non-hydrogen) atoms. The highest BCUT2D eigenvalue weighted by Gasteiger charge is 2.40. The Bertz CT molecular complexity index is 140. The fourth-order valence-electron chi connectivity index (χ4n) is 1.30. The summed E-state index contributed by atoms with van der Waals surface area (Å²) in [5.74, 6) is 0. The largest absolute Gasteiger partial charge is 0.331 e. The van der Waals surface area contributed by atoms with Crippen molar-refractivity contribution in [3.8, 4) is 0 Å². The summed E-state index contributed by atoms with van der Waals surface area (Å²) in [5, 5.41) is 19.5. The Morgan fingerprint density at radius 2 is 1.80 bits per heavy atom. The summed E-state index contributed by atoms with van der Waals surface area (Å²) < 4.78 is 0. The Kier molecular flexibility index (Phi) is 1.89. The van der Waals surface area contributed by atoms with Crippen LogP contribution < -0.4 is 0 Å². The molecule has 0 aromatic rings. The number of nitrogens with zero attached hydrogens (tertiary/aromatic N) is 1. The molecular formula is C6H11NO3. The smallest absolute Gasteiger partial charge is 0.322 e. The molecule has 4 heteroatoms. The molecule has 58 valence electrons. The van der Waals surface area contributed by atoms with Gasteiger partial charge >= 0.3 is 5.72 Å². The second-order valence-corrected chi connectivity index (χ2v) is 2.80. The van der Waals surface area contributed by atoms with Crippen LogP contribution >= 0.6 is 0 Å². The zero-order chi connectivity index (χ0) is 7.61. The first kappa shape index (κ1) is 7.47. The van der Waals surface area contributed by atoms with E-state index in [2.05, 4.69) is 0 Å². The van der Waals surface area contributed by atoms with Gasteiger partial charge in [0, 0.05) is 12.8 Å². The van der Waals surface area contributed by atoms with Crippen LogP contribution in [0.15, 0.2) is 0 Å². The average Bonchev–Trinajstić information content (AvgIpc) is 1.89. The van der Waals surface area contributed by atoms with Gasteiger partial charge < -0.3 is 5.11 Å². The van der Waals surface area contributed by atoms with Gasteiger partial charge in [-0.25, -0.2) is 0 Å². The van der Waals surface area contributed by atoms with E-state index >= 15 is 0 Å². The summed E-state index contributed by atoms with van der Waals surface area (Å²) >= 11 is 0. The van der Waals surface area contributed by atoms with Crippen LogP contribution in [0.5, 0.6) is 0 Å². The van der Waals surface area contributed by atoms with E-state index in [0.29, 0.717) is 12.8 Å². The first-order valence-corrected chi connectivity index (χ1v) is 3.52. The molecule has 0 spiro atoms. The van der Waals surface area contributed by atoms with Crippen molar-refractivity contribution >= 4 is 0 Å². The first-order chi connectivity index (χ1) is 4.65. The van der Waals surface area contributed by atoms with E-state index in [4.69, 9.17) is 0 Å². The van der Waals surface area contributed by atoms with Crippen molar-refractivity contribution in [3.63, 3.8) is 0 Å². The highest BCUT2D eigenvalue weighted by Crippen LogP contribution is 2.27. The van der Waals surface area contributed by atoms with Gasteiger partial charge in [-0.3, -0.25) is 10.1 Å². The van der Waals surface area contributed by atoms with Crippen LogP contribution in [0.4, 0.5) is 0 Å². The SMILES string of the molecule is O=[N+]([O-])C1(O)CCCCC1. The van der Waals surface area contributed by atoms with Crippen LogP contribution in [0, 0.1) is 10.1 Å². The molecule has 0 aromatic carbocycles. The van der Waals surface area contributed by atoms with E-state index < -0.39 is 10.6 Å². The van der Waals surface area contributed by atoms with Gasteiger partial charge in [0.05, 0.1) is 4.92 Å². The standard InChI is InChI=1S/C6H11NO3/c8-6(7(9)10)4-2-1-3-5-6/h8H,1-5H2. The maximum atomic E-state index is 10.2. The Hall–Kier alpha value is -0.640. The van der Waals surface area contributed by atoms with E-state index in [9.17, 15) is 15.2 Å². The van der Waals surface area contributed by atoms with Crippen molar-refractivity contribution in [2.24, 2.45) is 0 Å². The number of hydrogen-bond acceptors (Lipinski definition) is 3. The minimum absolute atomic E-state index is 0.319. The Morgan fingerprint density at radius 3 is 2.10 bits per heavy atom. The Morgan fingerprint density at radius 1 is 1.30 bits per heavy atom. The van der Waals surface area contributed by atoms with Gasteiger partial charge in [0.1, 0.15) is 0 Å². The molecule has 0 heterocycles. The van der Waals surface area contributed by atoms with Gasteiger partial charge in [-0.2, -0.15) is 0 Å². The van der Waals surface area contributed by atoms with Crippen molar-refractivity contribution in [1.82, 2.24) is 0 Å². The number of hydrogen-bond donors (Lipinski definition) is 1. The number of nitro groups is 1. The van der Waals surface area contributed by atoms with Crippen LogP contribution in [-0.4, -0.2) is 15.8 Å². The molecular weight excluding hydrogens is 134 g/mol. The van der Waals surface area contributed by atoms with Crippen molar-refractivity contribution in [2.45, 2.75) is 37.8 Å². The summed E-state index contributed by atoms with van der Waals surface area (Å²) in [4.78, 5) is 9.67. The van der Waals surface area contributed by atoms with Crippen LogP contribution in [0.25, 0.3) is 0 Å². The molecule has 1 aliphatic rings. The summed E-state index contributed by atoms with van der Waals surface area (Å²) in [6.45, 7) is 0. The third-order valence-electron chi connectivity index (χ3n) is 1.99. The lowest BCUT2D eigenvalue weighted by molar-refractivity contribution is -0.629. The van der Waals surface area contributed by atoms with Crippen LogP contribution in [-0.2, 0) is 0 Å². The Balaban J connectivity index is 2.56. The molecule has 1 fully saturated rings. The normalized spacial score (nSPS) is 24.1. The topological polar surface area (TPSA) is 63.4 Å². The maximum absolute atomic E-state index is 10.2. The first-order valence-electron chi connectivity index (χ1n) is 3.52. The second kappa shape index (κ2) is 2.54. The third-order valence-corrected chi connectivity index (χ3v) is 1.99. The molecule has 0 radical (unpaired) electrons. The predicted molar refractivity (Wildman–Crippen MR) is 35.0 cm³/mol. The average molecular weight is 145 g/mol. The monoisotopic (exact) mass is 145 g/mol. The van der Waals surface area contributed by atoms with Gasteiger partial charge in [-0.15, -0.1) is 0 Å². The van der Waals surface area contributed by atoms with E-state index in [1.165, 1.54) is 0 Å². The van der Waals surface area contributed by atoms with Crippen LogP contribution in [0.3, 0.4) is 0 Å². The zero-order valence-electron chi connectivity index (χ0n) is 5.75. The van der Waals surface area contributed by atoms with Crippen LogP contribution in [0.1, 0.15) is 32.1 Å². The minimum atomic E-state index is -1.60. The number of aliphatic hydroxyl groups is 1. The van der Waals surface area contributed by atoms with Crippen molar-refractivity contribution in [1.29, 1.82) is 0 Å². The molecule has 1 rings (SSSR count). The maximum Gasteiger partial charge on any atom is 0.322 e. The summed E-state index contributed by atoms with van der Waals surface area (Å²) in [6, 6.07) is 0.